The highest BCUT2D eigenvalue weighted by molar-refractivity contribution is 7.92. The minimum atomic E-state index is -3.65. The third-order valence-electron chi connectivity index (χ3n) is 3.48. The van der Waals surface area contributed by atoms with Gasteiger partial charge in [-0.2, -0.15) is 0 Å². The molecule has 2 rings (SSSR count). The van der Waals surface area contributed by atoms with Crippen LogP contribution in [0.5, 0.6) is 0 Å². The zero-order chi connectivity index (χ0) is 15.1. The van der Waals surface area contributed by atoms with Crippen molar-refractivity contribution >= 4 is 27.3 Å². The Bertz CT molecular complexity index is 617. The van der Waals surface area contributed by atoms with Crippen molar-refractivity contribution in [2.24, 2.45) is 0 Å². The average Bonchev–Trinajstić information content (AvgIpc) is 2.72. The van der Waals surface area contributed by atoms with Crippen LogP contribution in [0, 0.1) is 0 Å². The van der Waals surface area contributed by atoms with Crippen molar-refractivity contribution < 1.29 is 13.2 Å². The molecule has 1 saturated heterocycles. The maximum atomic E-state index is 12.5. The monoisotopic (exact) mass is 315 g/mol. The van der Waals surface area contributed by atoms with Crippen LogP contribution < -0.4 is 0 Å². The second-order valence-corrected chi connectivity index (χ2v) is 8.50. The largest absolute Gasteiger partial charge is 0.337 e. The molecule has 0 N–H and O–H groups in total. The summed E-state index contributed by atoms with van der Waals surface area (Å²) in [6.45, 7) is 6.19. The molecule has 20 heavy (non-hydrogen) atoms. The number of hydrogen-bond donors (Lipinski definition) is 0. The fourth-order valence-corrected chi connectivity index (χ4v) is 4.17. The van der Waals surface area contributed by atoms with E-state index in [0.717, 1.165) is 0 Å². The van der Waals surface area contributed by atoms with Gasteiger partial charge in [-0.3, -0.25) is 4.79 Å². The summed E-state index contributed by atoms with van der Waals surface area (Å²) in [6.07, 6.45) is 0.334. The van der Waals surface area contributed by atoms with E-state index < -0.39 is 15.1 Å². The summed E-state index contributed by atoms with van der Waals surface area (Å²) < 4.78 is 25.1. The summed E-state index contributed by atoms with van der Waals surface area (Å²) >= 11 is 5.76. The van der Waals surface area contributed by atoms with Gasteiger partial charge in [0.25, 0.3) is 0 Å². The van der Waals surface area contributed by atoms with Crippen molar-refractivity contribution in [3.05, 3.63) is 29.3 Å². The van der Waals surface area contributed by atoms with Crippen LogP contribution in [0.4, 0.5) is 0 Å². The highest BCUT2D eigenvalue weighted by atomic mass is 35.5. The molecule has 1 amide bonds. The Labute approximate surface area is 124 Å². The lowest BCUT2D eigenvalue weighted by atomic mass is 10.1. The first-order valence-corrected chi connectivity index (χ1v) is 8.37. The number of carbonyl (C=O) groups is 1. The van der Waals surface area contributed by atoms with Gasteiger partial charge in [-0.15, -0.1) is 0 Å². The van der Waals surface area contributed by atoms with Gasteiger partial charge in [-0.05, 0) is 51.5 Å². The van der Waals surface area contributed by atoms with Crippen molar-refractivity contribution in [3.63, 3.8) is 0 Å². The first-order chi connectivity index (χ1) is 9.14. The minimum absolute atomic E-state index is 0.149. The molecule has 0 bridgehead atoms. The molecule has 0 aliphatic carbocycles. The van der Waals surface area contributed by atoms with Gasteiger partial charge in [0, 0.05) is 17.1 Å². The molecular weight excluding hydrogens is 298 g/mol. The van der Waals surface area contributed by atoms with E-state index in [1.54, 1.807) is 4.90 Å². The van der Waals surface area contributed by atoms with E-state index in [-0.39, 0.29) is 16.3 Å². The molecular formula is C14H18ClNO3S. The second kappa shape index (κ2) is 5.04. The van der Waals surface area contributed by atoms with Crippen LogP contribution in [-0.4, -0.2) is 36.6 Å². The molecule has 1 aliphatic rings. The highest BCUT2D eigenvalue weighted by Crippen LogP contribution is 2.29. The van der Waals surface area contributed by atoms with Crippen LogP contribution in [0.3, 0.4) is 0 Å². The van der Waals surface area contributed by atoms with Crippen LogP contribution in [0.25, 0.3) is 0 Å². The summed E-state index contributed by atoms with van der Waals surface area (Å²) in [4.78, 5) is 14.1. The number of nitrogens with zero attached hydrogens (tertiary/aromatic N) is 1. The highest BCUT2D eigenvalue weighted by Gasteiger charge is 2.44. The van der Waals surface area contributed by atoms with E-state index >= 15 is 0 Å². The molecule has 0 aromatic heterocycles. The molecule has 1 aromatic carbocycles. The number of benzene rings is 1. The zero-order valence-corrected chi connectivity index (χ0v) is 13.3. The molecule has 4 nitrogen and oxygen atoms in total. The zero-order valence-electron chi connectivity index (χ0n) is 11.8. The summed E-state index contributed by atoms with van der Waals surface area (Å²) in [6, 6.07) is 5.94. The fraction of sp³-hybridized carbons (Fsp3) is 0.500. The van der Waals surface area contributed by atoms with E-state index in [1.807, 2.05) is 20.8 Å². The fourth-order valence-electron chi connectivity index (χ4n) is 2.40. The first kappa shape index (κ1) is 15.3. The Morgan fingerprint density at radius 2 is 1.75 bits per heavy atom. The SMILES string of the molecule is CC(C)(C)N1CCC(S(=O)(=O)c2ccc(Cl)cc2)C1=O. The van der Waals surface area contributed by atoms with Gasteiger partial charge in [-0.1, -0.05) is 11.6 Å². The van der Waals surface area contributed by atoms with E-state index in [9.17, 15) is 13.2 Å². The van der Waals surface area contributed by atoms with Gasteiger partial charge >= 0.3 is 0 Å². The number of halogens is 1. The topological polar surface area (TPSA) is 54.5 Å². The summed E-state index contributed by atoms with van der Waals surface area (Å²) in [5, 5.41) is -0.513. The summed E-state index contributed by atoms with van der Waals surface area (Å²) in [5.74, 6) is -0.313. The van der Waals surface area contributed by atoms with E-state index in [1.165, 1.54) is 24.3 Å². The van der Waals surface area contributed by atoms with Gasteiger partial charge in [-0.25, -0.2) is 8.42 Å². The van der Waals surface area contributed by atoms with Crippen molar-refractivity contribution in [1.82, 2.24) is 4.90 Å². The molecule has 1 atom stereocenters. The van der Waals surface area contributed by atoms with Gasteiger partial charge < -0.3 is 4.90 Å². The molecule has 1 aliphatic heterocycles. The Balaban J connectivity index is 2.33. The number of carbonyl (C=O) groups excluding carboxylic acids is 1. The molecule has 1 aromatic rings. The Morgan fingerprint density at radius 3 is 2.20 bits per heavy atom. The number of hydrogen-bond acceptors (Lipinski definition) is 3. The number of sulfone groups is 1. The lowest BCUT2D eigenvalue weighted by molar-refractivity contribution is -0.131. The third-order valence-corrected chi connectivity index (χ3v) is 5.85. The molecule has 1 fully saturated rings. The van der Waals surface area contributed by atoms with Crippen LogP contribution in [0.2, 0.25) is 5.02 Å². The normalized spacial score (nSPS) is 20.5. The number of amides is 1. The van der Waals surface area contributed by atoms with Gasteiger partial charge in [0.2, 0.25) is 5.91 Å². The van der Waals surface area contributed by atoms with E-state index in [0.29, 0.717) is 18.0 Å². The van der Waals surface area contributed by atoms with Crippen molar-refractivity contribution in [2.75, 3.05) is 6.54 Å². The molecule has 1 unspecified atom stereocenters. The van der Waals surface area contributed by atoms with Crippen molar-refractivity contribution in [2.45, 2.75) is 42.9 Å². The molecule has 0 spiro atoms. The van der Waals surface area contributed by atoms with E-state index in [4.69, 9.17) is 11.6 Å². The maximum Gasteiger partial charge on any atom is 0.241 e. The van der Waals surface area contributed by atoms with E-state index in [2.05, 4.69) is 0 Å². The molecule has 110 valence electrons. The van der Waals surface area contributed by atoms with Crippen LogP contribution in [0.15, 0.2) is 29.2 Å². The Morgan fingerprint density at radius 1 is 1.20 bits per heavy atom. The maximum absolute atomic E-state index is 12.5. The van der Waals surface area contributed by atoms with Crippen LogP contribution in [0.1, 0.15) is 27.2 Å². The first-order valence-electron chi connectivity index (χ1n) is 6.45. The lowest BCUT2D eigenvalue weighted by Crippen LogP contribution is -2.45. The predicted octanol–water partition coefficient (Wildman–Crippen LogP) is 2.51. The summed E-state index contributed by atoms with van der Waals surface area (Å²) in [5.41, 5.74) is -0.360. The number of rotatable bonds is 2. The van der Waals surface area contributed by atoms with Crippen molar-refractivity contribution in [3.8, 4) is 0 Å². The smallest absolute Gasteiger partial charge is 0.241 e. The van der Waals surface area contributed by atoms with Crippen LogP contribution in [-0.2, 0) is 14.6 Å². The average molecular weight is 316 g/mol. The molecule has 1 heterocycles. The quantitative estimate of drug-likeness (QED) is 0.842. The standard InChI is InChI=1S/C14H18ClNO3S/c1-14(2,3)16-9-8-12(13(16)17)20(18,19)11-6-4-10(15)5-7-11/h4-7,12H,8-9H2,1-3H3. The number of likely N-dealkylation sites (tertiary alicyclic amines) is 1. The third kappa shape index (κ3) is 2.69. The lowest BCUT2D eigenvalue weighted by Gasteiger charge is -2.31. The molecule has 6 heteroatoms. The second-order valence-electron chi connectivity index (χ2n) is 5.94. The predicted molar refractivity (Wildman–Crippen MR) is 78.5 cm³/mol. The van der Waals surface area contributed by atoms with Gasteiger partial charge in [0.05, 0.1) is 4.90 Å². The van der Waals surface area contributed by atoms with Gasteiger partial charge in [0.15, 0.2) is 9.84 Å². The Kier molecular flexibility index (Phi) is 3.86. The minimum Gasteiger partial charge on any atom is -0.337 e. The Hall–Kier alpha value is -1.07. The molecule has 0 saturated carbocycles. The van der Waals surface area contributed by atoms with Crippen molar-refractivity contribution in [1.29, 1.82) is 0 Å². The van der Waals surface area contributed by atoms with Gasteiger partial charge in [0.1, 0.15) is 5.25 Å². The molecule has 0 radical (unpaired) electrons. The van der Waals surface area contributed by atoms with Crippen LogP contribution >= 0.6 is 11.6 Å². The summed E-state index contributed by atoms with van der Waals surface area (Å²) in [7, 11) is -3.65.